The van der Waals surface area contributed by atoms with E-state index in [1.54, 1.807) is 0 Å². The molecule has 3 heterocycles. The number of carbonyl (C=O) groups is 1. The molecule has 1 spiro atoms. The Morgan fingerprint density at radius 2 is 1.90 bits per heavy atom. The number of nitrogens with zero attached hydrogens (tertiary/aromatic N) is 3. The van der Waals surface area contributed by atoms with Gasteiger partial charge in [0.2, 0.25) is 0 Å². The molecule has 0 bridgehead atoms. The van der Waals surface area contributed by atoms with Gasteiger partial charge in [-0.1, -0.05) is 42.4 Å². The van der Waals surface area contributed by atoms with E-state index in [0.29, 0.717) is 41.4 Å². The van der Waals surface area contributed by atoms with Crippen molar-refractivity contribution < 1.29 is 14.3 Å². The van der Waals surface area contributed by atoms with Crippen molar-refractivity contribution in [1.82, 2.24) is 15.3 Å². The Balaban J connectivity index is 1.35. The largest absolute Gasteiger partial charge is 0.356 e. The lowest BCUT2D eigenvalue weighted by molar-refractivity contribution is -0.169. The monoisotopic (exact) mass is 462 g/mol. The number of amides is 1. The number of rotatable bonds is 7. The molecule has 2 saturated heterocycles. The fourth-order valence-electron chi connectivity index (χ4n) is 3.72. The highest BCUT2D eigenvalue weighted by Gasteiger charge is 2.40. The number of ether oxygens (including phenoxy) is 2. The Morgan fingerprint density at radius 3 is 2.58 bits per heavy atom. The molecule has 1 aromatic carbocycles. The van der Waals surface area contributed by atoms with E-state index in [0.717, 1.165) is 43.7 Å². The molecule has 31 heavy (non-hydrogen) atoms. The van der Waals surface area contributed by atoms with E-state index in [2.05, 4.69) is 15.2 Å². The van der Waals surface area contributed by atoms with Gasteiger partial charge < -0.3 is 19.7 Å². The van der Waals surface area contributed by atoms with Crippen LogP contribution in [0.1, 0.15) is 42.1 Å². The van der Waals surface area contributed by atoms with E-state index in [1.807, 2.05) is 37.3 Å². The molecule has 4 rings (SSSR count). The van der Waals surface area contributed by atoms with Crippen molar-refractivity contribution in [3.63, 3.8) is 0 Å². The molecule has 2 fully saturated rings. The van der Waals surface area contributed by atoms with Crippen LogP contribution in [0.3, 0.4) is 0 Å². The van der Waals surface area contributed by atoms with Gasteiger partial charge in [0.1, 0.15) is 11.0 Å². The summed E-state index contributed by atoms with van der Waals surface area (Å²) in [5.41, 5.74) is 1.76. The minimum atomic E-state index is -0.412. The number of hydrogen-bond donors (Lipinski definition) is 1. The van der Waals surface area contributed by atoms with Crippen LogP contribution in [0.2, 0.25) is 5.15 Å². The molecule has 0 radical (unpaired) electrons. The van der Waals surface area contributed by atoms with Crippen molar-refractivity contribution in [3.05, 3.63) is 46.6 Å². The number of anilines is 1. The summed E-state index contributed by atoms with van der Waals surface area (Å²) in [4.78, 5) is 23.3. The highest BCUT2D eigenvalue weighted by molar-refractivity contribution is 7.98. The molecule has 2 aliphatic heterocycles. The van der Waals surface area contributed by atoms with Gasteiger partial charge >= 0.3 is 0 Å². The van der Waals surface area contributed by atoms with Crippen LogP contribution in [-0.2, 0) is 15.2 Å². The Kier molecular flexibility index (Phi) is 7.32. The van der Waals surface area contributed by atoms with Gasteiger partial charge in [0.25, 0.3) is 5.91 Å². The first kappa shape index (κ1) is 22.3. The minimum Gasteiger partial charge on any atom is -0.356 e. The van der Waals surface area contributed by atoms with Gasteiger partial charge in [-0.3, -0.25) is 4.79 Å². The molecular formula is C22H27ClN4O3S. The van der Waals surface area contributed by atoms with E-state index in [-0.39, 0.29) is 5.91 Å². The first-order valence-corrected chi connectivity index (χ1v) is 12.0. The number of benzene rings is 1. The third-order valence-corrected chi connectivity index (χ3v) is 6.56. The van der Waals surface area contributed by atoms with E-state index in [1.165, 1.54) is 11.8 Å². The fourth-order valence-corrected chi connectivity index (χ4v) is 4.75. The molecule has 9 heteroatoms. The molecule has 2 aliphatic rings. The van der Waals surface area contributed by atoms with E-state index >= 15 is 0 Å². The zero-order valence-corrected chi connectivity index (χ0v) is 19.2. The summed E-state index contributed by atoms with van der Waals surface area (Å²) >= 11 is 7.81. The van der Waals surface area contributed by atoms with Crippen LogP contribution < -0.4 is 10.2 Å². The first-order chi connectivity index (χ1) is 15.1. The Morgan fingerprint density at radius 1 is 1.19 bits per heavy atom. The van der Waals surface area contributed by atoms with Crippen LogP contribution in [0.4, 0.5) is 5.82 Å². The smallest absolute Gasteiger partial charge is 0.251 e. The molecule has 0 atom stereocenters. The SMILES string of the molecule is CCCNC(=O)c1ccc(CSc2nc(Cl)cc(N3CCC4(CC3)OCCO4)n2)cc1. The Bertz CT molecular complexity index is 896. The highest BCUT2D eigenvalue weighted by Crippen LogP contribution is 2.33. The van der Waals surface area contributed by atoms with Crippen LogP contribution >= 0.6 is 23.4 Å². The molecule has 1 aromatic heterocycles. The third-order valence-electron chi connectivity index (χ3n) is 5.44. The van der Waals surface area contributed by atoms with Gasteiger partial charge in [0, 0.05) is 49.9 Å². The fraction of sp³-hybridized carbons (Fsp3) is 0.500. The summed E-state index contributed by atoms with van der Waals surface area (Å²) < 4.78 is 11.6. The molecule has 1 amide bonds. The highest BCUT2D eigenvalue weighted by atomic mass is 35.5. The number of halogens is 1. The second kappa shape index (κ2) is 10.2. The zero-order valence-electron chi connectivity index (χ0n) is 17.6. The third kappa shape index (κ3) is 5.68. The second-order valence-electron chi connectivity index (χ2n) is 7.67. The average molecular weight is 463 g/mol. The molecule has 7 nitrogen and oxygen atoms in total. The van der Waals surface area contributed by atoms with Crippen LogP contribution in [0.15, 0.2) is 35.5 Å². The number of piperidine rings is 1. The van der Waals surface area contributed by atoms with Crippen molar-refractivity contribution in [2.75, 3.05) is 37.7 Å². The first-order valence-electron chi connectivity index (χ1n) is 10.6. The Hall–Kier alpha value is -1.87. The van der Waals surface area contributed by atoms with E-state index in [4.69, 9.17) is 26.1 Å². The summed E-state index contributed by atoms with van der Waals surface area (Å²) in [6.07, 6.45) is 2.55. The maximum Gasteiger partial charge on any atom is 0.251 e. The molecule has 166 valence electrons. The maximum absolute atomic E-state index is 12.0. The van der Waals surface area contributed by atoms with Gasteiger partial charge in [-0.15, -0.1) is 0 Å². The maximum atomic E-state index is 12.0. The predicted molar refractivity (Wildman–Crippen MR) is 122 cm³/mol. The summed E-state index contributed by atoms with van der Waals surface area (Å²) in [7, 11) is 0. The minimum absolute atomic E-state index is 0.0411. The van der Waals surface area contributed by atoms with Crippen LogP contribution in [-0.4, -0.2) is 54.5 Å². The number of carbonyl (C=O) groups excluding carboxylic acids is 1. The van der Waals surface area contributed by atoms with Gasteiger partial charge in [-0.2, -0.15) is 0 Å². The number of nitrogens with one attached hydrogen (secondary N) is 1. The average Bonchev–Trinajstić information content (AvgIpc) is 3.24. The lowest BCUT2D eigenvalue weighted by Gasteiger charge is -2.38. The van der Waals surface area contributed by atoms with Gasteiger partial charge in [-0.05, 0) is 24.1 Å². The summed E-state index contributed by atoms with van der Waals surface area (Å²) in [5, 5.41) is 3.96. The van der Waals surface area contributed by atoms with Gasteiger partial charge in [0.15, 0.2) is 10.9 Å². The van der Waals surface area contributed by atoms with Crippen molar-refractivity contribution in [1.29, 1.82) is 0 Å². The lowest BCUT2D eigenvalue weighted by Crippen LogP contribution is -2.45. The number of thioether (sulfide) groups is 1. The molecule has 0 unspecified atom stereocenters. The molecule has 1 N–H and O–H groups in total. The van der Waals surface area contributed by atoms with Crippen molar-refractivity contribution in [2.24, 2.45) is 0 Å². The summed E-state index contributed by atoms with van der Waals surface area (Å²) in [6.45, 7) is 5.67. The number of hydrogen-bond acceptors (Lipinski definition) is 7. The summed E-state index contributed by atoms with van der Waals surface area (Å²) in [5.74, 6) is 1.07. The normalized spacial score (nSPS) is 17.8. The molecule has 2 aromatic rings. The molecule has 0 saturated carbocycles. The van der Waals surface area contributed by atoms with Crippen LogP contribution in [0.25, 0.3) is 0 Å². The van der Waals surface area contributed by atoms with E-state index in [9.17, 15) is 4.79 Å². The second-order valence-corrected chi connectivity index (χ2v) is 9.00. The topological polar surface area (TPSA) is 76.6 Å². The zero-order chi connectivity index (χ0) is 21.7. The van der Waals surface area contributed by atoms with Crippen molar-refractivity contribution >= 4 is 35.1 Å². The Labute approximate surface area is 191 Å². The quantitative estimate of drug-likeness (QED) is 0.380. The van der Waals surface area contributed by atoms with Crippen LogP contribution in [0.5, 0.6) is 0 Å². The van der Waals surface area contributed by atoms with Gasteiger partial charge in [-0.25, -0.2) is 9.97 Å². The van der Waals surface area contributed by atoms with E-state index < -0.39 is 5.79 Å². The van der Waals surface area contributed by atoms with Crippen LogP contribution in [0, 0.1) is 0 Å². The van der Waals surface area contributed by atoms with Gasteiger partial charge in [0.05, 0.1) is 13.2 Å². The summed E-state index contributed by atoms with van der Waals surface area (Å²) in [6, 6.07) is 9.43. The molecular weight excluding hydrogens is 436 g/mol. The number of aromatic nitrogens is 2. The standard InChI is InChI=1S/C22H27ClN4O3S/c1-2-9-24-20(28)17-5-3-16(4-6-17)15-31-21-25-18(23)14-19(26-21)27-10-7-22(8-11-27)29-12-13-30-22/h3-6,14H,2,7-13,15H2,1H3,(H,24,28). The van der Waals surface area contributed by atoms with Crippen molar-refractivity contribution in [2.45, 2.75) is 42.9 Å². The van der Waals surface area contributed by atoms with Crippen molar-refractivity contribution in [3.8, 4) is 0 Å². The predicted octanol–water partition coefficient (Wildman–Crippen LogP) is 3.91. The lowest BCUT2D eigenvalue weighted by atomic mass is 10.0. The molecule has 0 aliphatic carbocycles.